The van der Waals surface area contributed by atoms with Crippen LogP contribution in [-0.4, -0.2) is 33.8 Å². The fraction of sp³-hybridized carbons (Fsp3) is 0.500. The standard InChI is InChI=1S/C12H20N2O/c1-10(13-2)9-14(3)11-7-5-6-8-12(11)15-4/h5-8,10,13H,9H2,1-4H3. The number of ether oxygens (including phenoxy) is 1. The minimum atomic E-state index is 0.458. The number of hydrogen-bond acceptors (Lipinski definition) is 3. The van der Waals surface area contributed by atoms with Crippen LogP contribution in [0.25, 0.3) is 0 Å². The first-order valence-electron chi connectivity index (χ1n) is 5.20. The molecular weight excluding hydrogens is 188 g/mol. The molecule has 0 aliphatic carbocycles. The van der Waals surface area contributed by atoms with Gasteiger partial charge in [0, 0.05) is 19.6 Å². The summed E-state index contributed by atoms with van der Waals surface area (Å²) in [4.78, 5) is 2.19. The van der Waals surface area contributed by atoms with Gasteiger partial charge in [-0.1, -0.05) is 12.1 Å². The first-order valence-corrected chi connectivity index (χ1v) is 5.20. The highest BCUT2D eigenvalue weighted by Gasteiger charge is 2.09. The van der Waals surface area contributed by atoms with E-state index in [0.717, 1.165) is 18.0 Å². The first-order chi connectivity index (χ1) is 7.19. The quantitative estimate of drug-likeness (QED) is 0.797. The molecule has 84 valence electrons. The normalized spacial score (nSPS) is 12.3. The Kier molecular flexibility index (Phi) is 4.43. The second-order valence-corrected chi connectivity index (χ2v) is 3.74. The topological polar surface area (TPSA) is 24.5 Å². The maximum absolute atomic E-state index is 5.32. The lowest BCUT2D eigenvalue weighted by molar-refractivity contribution is 0.414. The Balaban J connectivity index is 2.76. The Morgan fingerprint density at radius 1 is 1.40 bits per heavy atom. The van der Waals surface area contributed by atoms with Crippen molar-refractivity contribution in [2.24, 2.45) is 0 Å². The molecule has 15 heavy (non-hydrogen) atoms. The molecule has 1 aromatic rings. The minimum Gasteiger partial charge on any atom is -0.495 e. The number of nitrogens with zero attached hydrogens (tertiary/aromatic N) is 1. The fourth-order valence-electron chi connectivity index (χ4n) is 1.55. The van der Waals surface area contributed by atoms with Gasteiger partial charge < -0.3 is 15.0 Å². The fourth-order valence-corrected chi connectivity index (χ4v) is 1.55. The third kappa shape index (κ3) is 3.13. The molecule has 3 heteroatoms. The summed E-state index contributed by atoms with van der Waals surface area (Å²) in [6.07, 6.45) is 0. The highest BCUT2D eigenvalue weighted by Crippen LogP contribution is 2.26. The lowest BCUT2D eigenvalue weighted by Crippen LogP contribution is -2.35. The highest BCUT2D eigenvalue weighted by atomic mass is 16.5. The van der Waals surface area contributed by atoms with E-state index in [1.165, 1.54) is 0 Å². The summed E-state index contributed by atoms with van der Waals surface area (Å²) in [6.45, 7) is 3.11. The lowest BCUT2D eigenvalue weighted by Gasteiger charge is -2.24. The summed E-state index contributed by atoms with van der Waals surface area (Å²) in [7, 11) is 5.75. The van der Waals surface area contributed by atoms with E-state index in [4.69, 9.17) is 4.74 Å². The van der Waals surface area contributed by atoms with Crippen molar-refractivity contribution in [2.75, 3.05) is 32.6 Å². The van der Waals surface area contributed by atoms with Crippen LogP contribution in [0.2, 0.25) is 0 Å². The van der Waals surface area contributed by atoms with Gasteiger partial charge in [0.2, 0.25) is 0 Å². The first kappa shape index (κ1) is 11.9. The van der Waals surface area contributed by atoms with Crippen molar-refractivity contribution in [1.29, 1.82) is 0 Å². The zero-order valence-corrected chi connectivity index (χ0v) is 9.95. The van der Waals surface area contributed by atoms with Gasteiger partial charge in [0.1, 0.15) is 5.75 Å². The van der Waals surface area contributed by atoms with Gasteiger partial charge in [0.25, 0.3) is 0 Å². The van der Waals surface area contributed by atoms with Gasteiger partial charge in [-0.05, 0) is 26.1 Å². The molecule has 0 radical (unpaired) electrons. The van der Waals surface area contributed by atoms with Crippen LogP contribution in [0.1, 0.15) is 6.92 Å². The van der Waals surface area contributed by atoms with E-state index in [9.17, 15) is 0 Å². The molecule has 0 saturated carbocycles. The number of anilines is 1. The summed E-state index contributed by atoms with van der Waals surface area (Å²) in [5.41, 5.74) is 1.13. The van der Waals surface area contributed by atoms with Gasteiger partial charge in [-0.25, -0.2) is 0 Å². The smallest absolute Gasteiger partial charge is 0.142 e. The molecule has 1 N–H and O–H groups in total. The Labute approximate surface area is 92.0 Å². The van der Waals surface area contributed by atoms with E-state index in [2.05, 4.69) is 30.3 Å². The van der Waals surface area contributed by atoms with Gasteiger partial charge in [0.05, 0.1) is 12.8 Å². The Bertz CT molecular complexity index is 301. The number of benzene rings is 1. The molecule has 0 saturated heterocycles. The molecule has 1 aromatic carbocycles. The third-order valence-corrected chi connectivity index (χ3v) is 2.54. The van der Waals surface area contributed by atoms with Crippen molar-refractivity contribution >= 4 is 5.69 Å². The predicted octanol–water partition coefficient (Wildman–Crippen LogP) is 1.74. The maximum Gasteiger partial charge on any atom is 0.142 e. The van der Waals surface area contributed by atoms with Gasteiger partial charge in [-0.15, -0.1) is 0 Å². The molecule has 0 aliphatic heterocycles. The van der Waals surface area contributed by atoms with E-state index in [1.54, 1.807) is 7.11 Å². The summed E-state index contributed by atoms with van der Waals surface area (Å²) in [5.74, 6) is 0.920. The monoisotopic (exact) mass is 208 g/mol. The van der Waals surface area contributed by atoms with Crippen LogP contribution < -0.4 is 15.0 Å². The molecule has 0 aliphatic rings. The lowest BCUT2D eigenvalue weighted by atomic mass is 10.2. The van der Waals surface area contributed by atoms with Crippen LogP contribution >= 0.6 is 0 Å². The van der Waals surface area contributed by atoms with Crippen molar-refractivity contribution in [3.8, 4) is 5.75 Å². The van der Waals surface area contributed by atoms with Crippen LogP contribution in [0.15, 0.2) is 24.3 Å². The van der Waals surface area contributed by atoms with E-state index in [0.29, 0.717) is 6.04 Å². The summed E-state index contributed by atoms with van der Waals surface area (Å²) in [6, 6.07) is 8.52. The molecule has 0 bridgehead atoms. The maximum atomic E-state index is 5.32. The van der Waals surface area contributed by atoms with Crippen LogP contribution in [0.3, 0.4) is 0 Å². The zero-order valence-electron chi connectivity index (χ0n) is 9.95. The number of rotatable bonds is 5. The van der Waals surface area contributed by atoms with E-state index in [-0.39, 0.29) is 0 Å². The average Bonchev–Trinajstić information content (AvgIpc) is 2.28. The summed E-state index contributed by atoms with van der Waals surface area (Å²) >= 11 is 0. The molecule has 0 spiro atoms. The highest BCUT2D eigenvalue weighted by molar-refractivity contribution is 5.57. The number of hydrogen-bond donors (Lipinski definition) is 1. The SMILES string of the molecule is CNC(C)CN(C)c1ccccc1OC. The van der Waals surface area contributed by atoms with E-state index < -0.39 is 0 Å². The molecule has 3 nitrogen and oxygen atoms in total. The van der Waals surface area contributed by atoms with Crippen molar-refractivity contribution in [3.63, 3.8) is 0 Å². The van der Waals surface area contributed by atoms with Gasteiger partial charge in [-0.3, -0.25) is 0 Å². The molecule has 1 atom stereocenters. The van der Waals surface area contributed by atoms with Crippen molar-refractivity contribution in [2.45, 2.75) is 13.0 Å². The van der Waals surface area contributed by atoms with Gasteiger partial charge >= 0.3 is 0 Å². The predicted molar refractivity (Wildman–Crippen MR) is 64.8 cm³/mol. The van der Waals surface area contributed by atoms with Crippen LogP contribution in [-0.2, 0) is 0 Å². The number of nitrogens with one attached hydrogen (secondary N) is 1. The van der Waals surface area contributed by atoms with Crippen molar-refractivity contribution in [3.05, 3.63) is 24.3 Å². The Hall–Kier alpha value is -1.22. The van der Waals surface area contributed by atoms with Crippen LogP contribution in [0.4, 0.5) is 5.69 Å². The number of para-hydroxylation sites is 2. The summed E-state index contributed by atoms with van der Waals surface area (Å²) < 4.78 is 5.32. The van der Waals surface area contributed by atoms with Gasteiger partial charge in [0.15, 0.2) is 0 Å². The van der Waals surface area contributed by atoms with Crippen molar-refractivity contribution < 1.29 is 4.74 Å². The molecular formula is C12H20N2O. The molecule has 1 unspecified atom stereocenters. The average molecular weight is 208 g/mol. The molecule has 1 rings (SSSR count). The molecule has 0 aromatic heterocycles. The van der Waals surface area contributed by atoms with E-state index in [1.807, 2.05) is 25.2 Å². The third-order valence-electron chi connectivity index (χ3n) is 2.54. The molecule has 0 amide bonds. The number of likely N-dealkylation sites (N-methyl/N-ethyl adjacent to an activating group) is 2. The molecule has 0 fully saturated rings. The van der Waals surface area contributed by atoms with Crippen LogP contribution in [0.5, 0.6) is 5.75 Å². The van der Waals surface area contributed by atoms with E-state index >= 15 is 0 Å². The largest absolute Gasteiger partial charge is 0.495 e. The zero-order chi connectivity index (χ0) is 11.3. The minimum absolute atomic E-state index is 0.458. The van der Waals surface area contributed by atoms with Crippen LogP contribution in [0, 0.1) is 0 Å². The summed E-state index contributed by atoms with van der Waals surface area (Å²) in [5, 5.41) is 3.22. The Morgan fingerprint density at radius 2 is 2.07 bits per heavy atom. The second kappa shape index (κ2) is 5.61. The number of methoxy groups -OCH3 is 1. The second-order valence-electron chi connectivity index (χ2n) is 3.74. The van der Waals surface area contributed by atoms with Gasteiger partial charge in [-0.2, -0.15) is 0 Å². The molecule has 0 heterocycles. The van der Waals surface area contributed by atoms with Crippen molar-refractivity contribution in [1.82, 2.24) is 5.32 Å². The Morgan fingerprint density at radius 3 is 2.67 bits per heavy atom.